The van der Waals surface area contributed by atoms with Gasteiger partial charge in [0.2, 0.25) is 0 Å². The van der Waals surface area contributed by atoms with Crippen LogP contribution < -0.4 is 5.32 Å². The lowest BCUT2D eigenvalue weighted by atomic mass is 9.94. The first-order valence-corrected chi connectivity index (χ1v) is 5.38. The van der Waals surface area contributed by atoms with Gasteiger partial charge < -0.3 is 15.2 Å². The molecule has 1 fully saturated rings. The van der Waals surface area contributed by atoms with Crippen LogP contribution >= 0.6 is 0 Å². The molecule has 3 nitrogen and oxygen atoms in total. The van der Waals surface area contributed by atoms with Crippen molar-refractivity contribution in [2.24, 2.45) is 5.41 Å². The summed E-state index contributed by atoms with van der Waals surface area (Å²) in [6.07, 6.45) is 0.695. The molecule has 0 radical (unpaired) electrons. The van der Waals surface area contributed by atoms with Crippen LogP contribution in [0.15, 0.2) is 0 Å². The summed E-state index contributed by atoms with van der Waals surface area (Å²) >= 11 is 0. The number of hydrogen-bond acceptors (Lipinski definition) is 3. The van der Waals surface area contributed by atoms with Gasteiger partial charge in [-0.15, -0.1) is 0 Å². The van der Waals surface area contributed by atoms with Gasteiger partial charge in [-0.25, -0.2) is 0 Å². The third kappa shape index (κ3) is 3.23. The summed E-state index contributed by atoms with van der Waals surface area (Å²) in [5.41, 5.74) is -0.399. The number of hydrogen-bond donors (Lipinski definition) is 2. The van der Waals surface area contributed by atoms with Crippen LogP contribution in [0.4, 0.5) is 0 Å². The van der Waals surface area contributed by atoms with Gasteiger partial charge in [0.05, 0.1) is 6.10 Å². The zero-order valence-corrected chi connectivity index (χ0v) is 9.76. The smallest absolute Gasteiger partial charge is 0.105 e. The van der Waals surface area contributed by atoms with Gasteiger partial charge in [0.15, 0.2) is 0 Å². The molecule has 3 heteroatoms. The lowest BCUT2D eigenvalue weighted by Crippen LogP contribution is -2.47. The molecule has 1 aliphatic heterocycles. The summed E-state index contributed by atoms with van der Waals surface area (Å²) in [6.45, 7) is 10.7. The molecule has 0 saturated carbocycles. The SMILES string of the molecule is CC1OCCC1(O)CNCC(C)(C)C. The summed E-state index contributed by atoms with van der Waals surface area (Å²) < 4.78 is 5.36. The van der Waals surface area contributed by atoms with Crippen LogP contribution in [0.25, 0.3) is 0 Å². The Labute approximate surface area is 86.8 Å². The van der Waals surface area contributed by atoms with E-state index < -0.39 is 5.60 Å². The molecule has 0 aromatic rings. The third-order valence-electron chi connectivity index (χ3n) is 2.75. The lowest BCUT2D eigenvalue weighted by molar-refractivity contribution is -0.0269. The zero-order chi connectivity index (χ0) is 10.8. The Morgan fingerprint density at radius 2 is 2.14 bits per heavy atom. The van der Waals surface area contributed by atoms with Crippen LogP contribution in [-0.4, -0.2) is 36.5 Å². The Hall–Kier alpha value is -0.120. The van der Waals surface area contributed by atoms with Gasteiger partial charge in [-0.2, -0.15) is 0 Å². The predicted molar refractivity (Wildman–Crippen MR) is 57.3 cm³/mol. The molecule has 0 aromatic heterocycles. The van der Waals surface area contributed by atoms with E-state index in [9.17, 15) is 5.11 Å². The van der Waals surface area contributed by atoms with E-state index in [1.54, 1.807) is 0 Å². The molecule has 1 heterocycles. The summed E-state index contributed by atoms with van der Waals surface area (Å²) in [4.78, 5) is 0. The Kier molecular flexibility index (Phi) is 3.56. The maximum atomic E-state index is 10.2. The van der Waals surface area contributed by atoms with E-state index >= 15 is 0 Å². The zero-order valence-electron chi connectivity index (χ0n) is 9.76. The van der Waals surface area contributed by atoms with E-state index in [1.807, 2.05) is 6.92 Å². The van der Waals surface area contributed by atoms with Crippen molar-refractivity contribution in [2.45, 2.75) is 45.8 Å². The molecule has 0 spiro atoms. The second kappa shape index (κ2) is 4.17. The van der Waals surface area contributed by atoms with E-state index in [4.69, 9.17) is 4.74 Å². The van der Waals surface area contributed by atoms with Gasteiger partial charge in [-0.05, 0) is 12.3 Å². The van der Waals surface area contributed by atoms with Gasteiger partial charge in [-0.3, -0.25) is 0 Å². The van der Waals surface area contributed by atoms with Gasteiger partial charge in [0.1, 0.15) is 5.60 Å². The summed E-state index contributed by atoms with van der Waals surface area (Å²) in [5, 5.41) is 13.5. The van der Waals surface area contributed by atoms with Gasteiger partial charge in [0, 0.05) is 26.1 Å². The maximum absolute atomic E-state index is 10.2. The quantitative estimate of drug-likeness (QED) is 0.720. The van der Waals surface area contributed by atoms with E-state index in [1.165, 1.54) is 0 Å². The fraction of sp³-hybridized carbons (Fsp3) is 1.00. The number of rotatable bonds is 3. The summed E-state index contributed by atoms with van der Waals surface area (Å²) in [5.74, 6) is 0. The van der Waals surface area contributed by atoms with Crippen molar-refractivity contribution in [1.29, 1.82) is 0 Å². The van der Waals surface area contributed by atoms with Crippen molar-refractivity contribution in [2.75, 3.05) is 19.7 Å². The molecule has 14 heavy (non-hydrogen) atoms. The number of nitrogens with one attached hydrogen (secondary N) is 1. The Morgan fingerprint density at radius 1 is 1.50 bits per heavy atom. The molecule has 0 amide bonds. The second-order valence-electron chi connectivity index (χ2n) is 5.53. The van der Waals surface area contributed by atoms with Crippen molar-refractivity contribution in [3.05, 3.63) is 0 Å². The van der Waals surface area contributed by atoms with Crippen molar-refractivity contribution >= 4 is 0 Å². The van der Waals surface area contributed by atoms with Crippen molar-refractivity contribution in [3.8, 4) is 0 Å². The van der Waals surface area contributed by atoms with E-state index in [0.29, 0.717) is 13.2 Å². The third-order valence-corrected chi connectivity index (χ3v) is 2.75. The van der Waals surface area contributed by atoms with Gasteiger partial charge in [0.25, 0.3) is 0 Å². The average Bonchev–Trinajstić information content (AvgIpc) is 2.30. The monoisotopic (exact) mass is 201 g/mol. The van der Waals surface area contributed by atoms with Crippen LogP contribution in [0.3, 0.4) is 0 Å². The molecule has 0 bridgehead atoms. The second-order valence-corrected chi connectivity index (χ2v) is 5.53. The van der Waals surface area contributed by atoms with Gasteiger partial charge in [-0.1, -0.05) is 20.8 Å². The molecule has 0 aromatic carbocycles. The van der Waals surface area contributed by atoms with E-state index in [2.05, 4.69) is 26.1 Å². The van der Waals surface area contributed by atoms with Crippen LogP contribution in [0.2, 0.25) is 0 Å². The largest absolute Gasteiger partial charge is 0.386 e. The highest BCUT2D eigenvalue weighted by atomic mass is 16.5. The molecule has 2 atom stereocenters. The molecule has 1 saturated heterocycles. The minimum Gasteiger partial charge on any atom is -0.386 e. The van der Waals surface area contributed by atoms with Crippen LogP contribution in [0, 0.1) is 5.41 Å². The first-order valence-electron chi connectivity index (χ1n) is 5.38. The fourth-order valence-electron chi connectivity index (χ4n) is 1.66. The molecule has 1 rings (SSSR count). The highest BCUT2D eigenvalue weighted by molar-refractivity contribution is 4.91. The topological polar surface area (TPSA) is 41.5 Å². The first kappa shape index (κ1) is 12.0. The summed E-state index contributed by atoms with van der Waals surface area (Å²) in [7, 11) is 0. The fourth-order valence-corrected chi connectivity index (χ4v) is 1.66. The van der Waals surface area contributed by atoms with Crippen molar-refractivity contribution in [3.63, 3.8) is 0 Å². The van der Waals surface area contributed by atoms with Crippen molar-refractivity contribution < 1.29 is 9.84 Å². The average molecular weight is 201 g/mol. The number of aliphatic hydroxyl groups is 1. The minimum absolute atomic E-state index is 0.0463. The minimum atomic E-state index is -0.661. The predicted octanol–water partition coefficient (Wildman–Crippen LogP) is 1.16. The van der Waals surface area contributed by atoms with Crippen molar-refractivity contribution in [1.82, 2.24) is 5.32 Å². The van der Waals surface area contributed by atoms with Gasteiger partial charge >= 0.3 is 0 Å². The molecular formula is C11H23NO2. The molecule has 1 aliphatic rings. The first-order chi connectivity index (χ1) is 6.33. The molecule has 2 unspecified atom stereocenters. The summed E-state index contributed by atoms with van der Waals surface area (Å²) in [6, 6.07) is 0. The molecule has 0 aliphatic carbocycles. The lowest BCUT2D eigenvalue weighted by Gasteiger charge is -2.28. The van der Waals surface area contributed by atoms with E-state index in [-0.39, 0.29) is 11.5 Å². The molecule has 2 N–H and O–H groups in total. The standard InChI is InChI=1S/C11H23NO2/c1-9-11(13,5-6-14-9)8-12-7-10(2,3)4/h9,12-13H,5-8H2,1-4H3. The highest BCUT2D eigenvalue weighted by Gasteiger charge is 2.39. The molecular weight excluding hydrogens is 178 g/mol. The van der Waals surface area contributed by atoms with E-state index in [0.717, 1.165) is 13.0 Å². The van der Waals surface area contributed by atoms with Crippen LogP contribution in [0.1, 0.15) is 34.1 Å². The van der Waals surface area contributed by atoms with Crippen LogP contribution in [-0.2, 0) is 4.74 Å². The highest BCUT2D eigenvalue weighted by Crippen LogP contribution is 2.25. The normalized spacial score (nSPS) is 33.6. The maximum Gasteiger partial charge on any atom is 0.105 e. The van der Waals surface area contributed by atoms with Crippen LogP contribution in [0.5, 0.6) is 0 Å². The number of ether oxygens (including phenoxy) is 1. The Balaban J connectivity index is 2.30. The Morgan fingerprint density at radius 3 is 2.57 bits per heavy atom. The Bertz CT molecular complexity index is 188. The molecule has 84 valence electrons.